The highest BCUT2D eigenvalue weighted by Crippen LogP contribution is 2.37. The second-order valence-corrected chi connectivity index (χ2v) is 6.26. The Morgan fingerprint density at radius 2 is 1.89 bits per heavy atom. The molecule has 0 N–H and O–H groups in total. The molecule has 0 bridgehead atoms. The Kier molecular flexibility index (Phi) is 4.15. The first-order chi connectivity index (χ1) is 8.39. The quantitative estimate of drug-likeness (QED) is 0.675. The van der Waals surface area contributed by atoms with E-state index in [0.717, 1.165) is 6.42 Å². The molecule has 1 saturated carbocycles. The third-order valence-electron chi connectivity index (χ3n) is 4.18. The SMILES string of the molecule is CC1CN(C(=O)C2CCC(F)(F)CC2)CCC1Cl. The van der Waals surface area contributed by atoms with E-state index in [1.165, 1.54) is 0 Å². The first-order valence-corrected chi connectivity index (χ1v) is 7.13. The van der Waals surface area contributed by atoms with Crippen molar-refractivity contribution in [1.29, 1.82) is 0 Å². The fourth-order valence-electron chi connectivity index (χ4n) is 2.86. The average molecular weight is 280 g/mol. The lowest BCUT2D eigenvalue weighted by Gasteiger charge is -2.37. The van der Waals surface area contributed by atoms with E-state index >= 15 is 0 Å². The van der Waals surface area contributed by atoms with E-state index in [1.54, 1.807) is 0 Å². The molecule has 0 spiro atoms. The van der Waals surface area contributed by atoms with Crippen LogP contribution in [0.4, 0.5) is 8.78 Å². The smallest absolute Gasteiger partial charge is 0.248 e. The van der Waals surface area contributed by atoms with Gasteiger partial charge in [-0.3, -0.25) is 4.79 Å². The summed E-state index contributed by atoms with van der Waals surface area (Å²) in [7, 11) is 0. The van der Waals surface area contributed by atoms with Crippen molar-refractivity contribution >= 4 is 17.5 Å². The normalized spacial score (nSPS) is 33.4. The molecular weight excluding hydrogens is 260 g/mol. The Morgan fingerprint density at radius 1 is 1.28 bits per heavy atom. The number of piperidine rings is 1. The van der Waals surface area contributed by atoms with Crippen molar-refractivity contribution in [1.82, 2.24) is 4.90 Å². The third-order valence-corrected chi connectivity index (χ3v) is 4.83. The number of carbonyl (C=O) groups is 1. The molecule has 1 aliphatic carbocycles. The van der Waals surface area contributed by atoms with Gasteiger partial charge < -0.3 is 4.90 Å². The molecule has 18 heavy (non-hydrogen) atoms. The van der Waals surface area contributed by atoms with Gasteiger partial charge in [0.25, 0.3) is 0 Å². The highest BCUT2D eigenvalue weighted by atomic mass is 35.5. The number of carbonyl (C=O) groups excluding carboxylic acids is 1. The van der Waals surface area contributed by atoms with Crippen LogP contribution < -0.4 is 0 Å². The zero-order valence-electron chi connectivity index (χ0n) is 10.7. The Bertz CT molecular complexity index is 314. The number of hydrogen-bond donors (Lipinski definition) is 0. The summed E-state index contributed by atoms with van der Waals surface area (Å²) < 4.78 is 26.1. The molecule has 0 aromatic rings. The summed E-state index contributed by atoms with van der Waals surface area (Å²) in [6.45, 7) is 3.37. The van der Waals surface area contributed by atoms with Crippen molar-refractivity contribution in [2.75, 3.05) is 13.1 Å². The molecule has 2 unspecified atom stereocenters. The van der Waals surface area contributed by atoms with Crippen LogP contribution in [-0.4, -0.2) is 35.2 Å². The van der Waals surface area contributed by atoms with E-state index in [-0.39, 0.29) is 36.0 Å². The predicted octanol–water partition coefficient (Wildman–Crippen LogP) is 3.29. The maximum Gasteiger partial charge on any atom is 0.248 e. The fraction of sp³-hybridized carbons (Fsp3) is 0.923. The first kappa shape index (κ1) is 14.0. The molecule has 1 saturated heterocycles. The molecule has 104 valence electrons. The molecule has 2 atom stereocenters. The van der Waals surface area contributed by atoms with Crippen LogP contribution in [0.2, 0.25) is 0 Å². The molecule has 2 fully saturated rings. The predicted molar refractivity (Wildman–Crippen MR) is 66.9 cm³/mol. The lowest BCUT2D eigenvalue weighted by Crippen LogP contribution is -2.46. The monoisotopic (exact) mass is 279 g/mol. The molecule has 2 aliphatic rings. The first-order valence-electron chi connectivity index (χ1n) is 6.70. The highest BCUT2D eigenvalue weighted by molar-refractivity contribution is 6.20. The average Bonchev–Trinajstić information content (AvgIpc) is 2.32. The molecule has 1 amide bonds. The van der Waals surface area contributed by atoms with Crippen molar-refractivity contribution in [2.45, 2.75) is 50.3 Å². The summed E-state index contributed by atoms with van der Waals surface area (Å²) in [5, 5.41) is 0.129. The second-order valence-electron chi connectivity index (χ2n) is 5.70. The van der Waals surface area contributed by atoms with Crippen LogP contribution in [0.3, 0.4) is 0 Å². The minimum atomic E-state index is -2.56. The zero-order chi connectivity index (χ0) is 13.3. The van der Waals surface area contributed by atoms with Crippen molar-refractivity contribution < 1.29 is 13.6 Å². The molecule has 0 radical (unpaired) electrons. The van der Waals surface area contributed by atoms with Crippen molar-refractivity contribution in [3.63, 3.8) is 0 Å². The molecule has 0 aromatic carbocycles. The van der Waals surface area contributed by atoms with Crippen molar-refractivity contribution in [3.05, 3.63) is 0 Å². The summed E-state index contributed by atoms with van der Waals surface area (Å²) in [6, 6.07) is 0. The number of alkyl halides is 3. The van der Waals surface area contributed by atoms with Crippen LogP contribution in [0.15, 0.2) is 0 Å². The molecule has 1 heterocycles. The second kappa shape index (κ2) is 5.32. The van der Waals surface area contributed by atoms with E-state index < -0.39 is 5.92 Å². The molecule has 5 heteroatoms. The molecule has 0 aromatic heterocycles. The van der Waals surface area contributed by atoms with Crippen LogP contribution in [-0.2, 0) is 4.79 Å². The maximum absolute atomic E-state index is 13.1. The van der Waals surface area contributed by atoms with Gasteiger partial charge in [-0.1, -0.05) is 6.92 Å². The summed E-state index contributed by atoms with van der Waals surface area (Å²) in [5.41, 5.74) is 0. The topological polar surface area (TPSA) is 20.3 Å². The largest absolute Gasteiger partial charge is 0.342 e. The number of nitrogens with zero attached hydrogens (tertiary/aromatic N) is 1. The lowest BCUT2D eigenvalue weighted by molar-refractivity contribution is -0.141. The lowest BCUT2D eigenvalue weighted by atomic mass is 9.85. The standard InChI is InChI=1S/C13H20ClF2NO/c1-9-8-17(7-4-11(9)14)12(18)10-2-5-13(15,16)6-3-10/h9-11H,2-8H2,1H3. The van der Waals surface area contributed by atoms with E-state index in [0.29, 0.717) is 25.9 Å². The highest BCUT2D eigenvalue weighted by Gasteiger charge is 2.39. The van der Waals surface area contributed by atoms with Crippen LogP contribution in [0.1, 0.15) is 39.0 Å². The zero-order valence-corrected chi connectivity index (χ0v) is 11.4. The number of hydrogen-bond acceptors (Lipinski definition) is 1. The van der Waals surface area contributed by atoms with Gasteiger partial charge in [-0.15, -0.1) is 11.6 Å². The summed E-state index contributed by atoms with van der Waals surface area (Å²) in [6.07, 6.45) is 1.15. The number of likely N-dealkylation sites (tertiary alicyclic amines) is 1. The van der Waals surface area contributed by atoms with Crippen molar-refractivity contribution in [2.24, 2.45) is 11.8 Å². The Hall–Kier alpha value is -0.380. The van der Waals surface area contributed by atoms with Crippen LogP contribution in [0.25, 0.3) is 0 Å². The molecule has 1 aliphatic heterocycles. The maximum atomic E-state index is 13.1. The van der Waals surface area contributed by atoms with Crippen LogP contribution in [0, 0.1) is 11.8 Å². The van der Waals surface area contributed by atoms with Gasteiger partial charge in [0.2, 0.25) is 11.8 Å². The van der Waals surface area contributed by atoms with Gasteiger partial charge in [0.05, 0.1) is 0 Å². The number of rotatable bonds is 1. The van der Waals surface area contributed by atoms with Crippen LogP contribution >= 0.6 is 11.6 Å². The van der Waals surface area contributed by atoms with E-state index in [2.05, 4.69) is 0 Å². The van der Waals surface area contributed by atoms with Gasteiger partial charge in [0.15, 0.2) is 0 Å². The van der Waals surface area contributed by atoms with E-state index in [4.69, 9.17) is 11.6 Å². The summed E-state index contributed by atoms with van der Waals surface area (Å²) >= 11 is 6.12. The van der Waals surface area contributed by atoms with E-state index in [9.17, 15) is 13.6 Å². The van der Waals surface area contributed by atoms with Gasteiger partial charge in [-0.25, -0.2) is 8.78 Å². The van der Waals surface area contributed by atoms with Gasteiger partial charge in [-0.2, -0.15) is 0 Å². The Balaban J connectivity index is 1.88. The summed E-state index contributed by atoms with van der Waals surface area (Å²) in [5.74, 6) is -2.42. The number of amides is 1. The van der Waals surface area contributed by atoms with Gasteiger partial charge >= 0.3 is 0 Å². The fourth-order valence-corrected chi connectivity index (χ4v) is 3.04. The Labute approximate surface area is 112 Å². The summed E-state index contributed by atoms with van der Waals surface area (Å²) in [4.78, 5) is 14.1. The van der Waals surface area contributed by atoms with Gasteiger partial charge in [0.1, 0.15) is 0 Å². The van der Waals surface area contributed by atoms with Gasteiger partial charge in [0, 0.05) is 37.2 Å². The third kappa shape index (κ3) is 3.14. The minimum absolute atomic E-state index is 0.0564. The van der Waals surface area contributed by atoms with E-state index in [1.807, 2.05) is 11.8 Å². The molecule has 2 nitrogen and oxygen atoms in total. The van der Waals surface area contributed by atoms with Crippen molar-refractivity contribution in [3.8, 4) is 0 Å². The molecular formula is C13H20ClF2NO. The number of halogens is 3. The molecule has 2 rings (SSSR count). The van der Waals surface area contributed by atoms with Gasteiger partial charge in [-0.05, 0) is 25.2 Å². The Morgan fingerprint density at radius 3 is 2.44 bits per heavy atom. The van der Waals surface area contributed by atoms with Crippen LogP contribution in [0.5, 0.6) is 0 Å². The minimum Gasteiger partial charge on any atom is -0.342 e.